The molecule has 0 saturated heterocycles. The van der Waals surface area contributed by atoms with Crippen molar-refractivity contribution in [3.63, 3.8) is 0 Å². The smallest absolute Gasteiger partial charge is 0.306 e. The van der Waals surface area contributed by atoms with Gasteiger partial charge in [0.15, 0.2) is 0 Å². The summed E-state index contributed by atoms with van der Waals surface area (Å²) in [5, 5.41) is 10.6. The van der Waals surface area contributed by atoms with Gasteiger partial charge in [0.1, 0.15) is 0 Å². The van der Waals surface area contributed by atoms with Gasteiger partial charge in [-0.2, -0.15) is 0 Å². The molecule has 0 spiro atoms. The zero-order chi connectivity index (χ0) is 11.1. The minimum absolute atomic E-state index is 0.118. The van der Waals surface area contributed by atoms with Crippen LogP contribution in [0, 0.1) is 16.0 Å². The Balaban J connectivity index is 4.10. The van der Waals surface area contributed by atoms with E-state index in [2.05, 4.69) is 0 Å². The topological polar surface area (TPSA) is 69.4 Å². The van der Waals surface area contributed by atoms with E-state index < -0.39 is 6.04 Å². The first-order chi connectivity index (χ1) is 6.52. The van der Waals surface area contributed by atoms with E-state index in [4.69, 9.17) is 4.74 Å². The monoisotopic (exact) mass is 203 g/mol. The molecule has 82 valence electrons. The molecule has 2 atom stereocenters. The molecule has 0 rings (SSSR count). The van der Waals surface area contributed by atoms with E-state index in [0.29, 0.717) is 13.0 Å². The summed E-state index contributed by atoms with van der Waals surface area (Å²) in [7, 11) is 0. The van der Waals surface area contributed by atoms with Crippen LogP contribution in [0.1, 0.15) is 33.6 Å². The second-order valence-corrected chi connectivity index (χ2v) is 3.25. The Bertz CT molecular complexity index is 205. The third-order valence-electron chi connectivity index (χ3n) is 2.14. The van der Waals surface area contributed by atoms with Gasteiger partial charge in [-0.1, -0.05) is 13.8 Å². The number of hydrogen-bond donors (Lipinski definition) is 0. The van der Waals surface area contributed by atoms with Gasteiger partial charge in [-0.15, -0.1) is 0 Å². The number of carbonyl (C=O) groups is 1. The SMILES string of the molecule is CCOC(=O)CC(C)C(CC)[N+](=O)[O-]. The fourth-order valence-corrected chi connectivity index (χ4v) is 1.38. The molecule has 0 aliphatic rings. The highest BCUT2D eigenvalue weighted by Crippen LogP contribution is 2.14. The molecule has 0 aromatic heterocycles. The van der Waals surface area contributed by atoms with Crippen molar-refractivity contribution in [2.45, 2.75) is 39.7 Å². The summed E-state index contributed by atoms with van der Waals surface area (Å²) in [6.07, 6.45) is 0.556. The number of nitro groups is 1. The van der Waals surface area contributed by atoms with E-state index in [1.54, 1.807) is 20.8 Å². The molecule has 0 fully saturated rings. The quantitative estimate of drug-likeness (QED) is 0.373. The van der Waals surface area contributed by atoms with Crippen molar-refractivity contribution >= 4 is 5.97 Å². The van der Waals surface area contributed by atoms with Crippen molar-refractivity contribution in [2.24, 2.45) is 5.92 Å². The highest BCUT2D eigenvalue weighted by Gasteiger charge is 2.27. The third kappa shape index (κ3) is 4.20. The molecule has 0 N–H and O–H groups in total. The molecule has 5 heteroatoms. The minimum Gasteiger partial charge on any atom is -0.466 e. The van der Waals surface area contributed by atoms with Gasteiger partial charge >= 0.3 is 5.97 Å². The van der Waals surface area contributed by atoms with Gasteiger partial charge in [-0.05, 0) is 6.92 Å². The van der Waals surface area contributed by atoms with Gasteiger partial charge in [0, 0.05) is 17.3 Å². The fraction of sp³-hybridized carbons (Fsp3) is 0.889. The first-order valence-electron chi connectivity index (χ1n) is 4.82. The molecule has 0 saturated carbocycles. The summed E-state index contributed by atoms with van der Waals surface area (Å²) in [5.74, 6) is -0.630. The molecule has 0 radical (unpaired) electrons. The predicted molar refractivity (Wildman–Crippen MR) is 51.5 cm³/mol. The van der Waals surface area contributed by atoms with Crippen LogP contribution in [0.3, 0.4) is 0 Å². The summed E-state index contributed by atoms with van der Waals surface area (Å²) in [5.41, 5.74) is 0. The lowest BCUT2D eigenvalue weighted by atomic mass is 9.97. The van der Waals surface area contributed by atoms with Crippen LogP contribution in [0.5, 0.6) is 0 Å². The minimum atomic E-state index is -0.653. The number of carbonyl (C=O) groups excluding carboxylic acids is 1. The maximum atomic E-state index is 11.1. The van der Waals surface area contributed by atoms with Gasteiger partial charge in [0.2, 0.25) is 6.04 Å². The maximum absolute atomic E-state index is 11.1. The first-order valence-corrected chi connectivity index (χ1v) is 4.82. The lowest BCUT2D eigenvalue weighted by molar-refractivity contribution is -0.531. The van der Waals surface area contributed by atoms with Crippen molar-refractivity contribution in [1.82, 2.24) is 0 Å². The molecule has 2 unspecified atom stereocenters. The van der Waals surface area contributed by atoms with E-state index >= 15 is 0 Å². The van der Waals surface area contributed by atoms with Crippen molar-refractivity contribution in [1.29, 1.82) is 0 Å². The largest absolute Gasteiger partial charge is 0.466 e. The number of rotatable bonds is 6. The van der Waals surface area contributed by atoms with Crippen LogP contribution < -0.4 is 0 Å². The van der Waals surface area contributed by atoms with E-state index in [1.165, 1.54) is 0 Å². The molecule has 0 aromatic carbocycles. The molecule has 0 aromatic rings. The normalized spacial score (nSPS) is 14.5. The Morgan fingerprint density at radius 2 is 2.07 bits per heavy atom. The highest BCUT2D eigenvalue weighted by atomic mass is 16.6. The van der Waals surface area contributed by atoms with Gasteiger partial charge < -0.3 is 4.74 Å². The van der Waals surface area contributed by atoms with E-state index in [1.807, 2.05) is 0 Å². The summed E-state index contributed by atoms with van der Waals surface area (Å²) >= 11 is 0. The number of nitrogens with zero attached hydrogens (tertiary/aromatic N) is 1. The Morgan fingerprint density at radius 1 is 1.50 bits per heavy atom. The lowest BCUT2D eigenvalue weighted by Gasteiger charge is -2.14. The van der Waals surface area contributed by atoms with E-state index in [9.17, 15) is 14.9 Å². The summed E-state index contributed by atoms with van der Waals surface area (Å²) < 4.78 is 4.73. The lowest BCUT2D eigenvalue weighted by Crippen LogP contribution is -2.28. The number of ether oxygens (including phenoxy) is 1. The number of hydrogen-bond acceptors (Lipinski definition) is 4. The van der Waals surface area contributed by atoms with Crippen LogP contribution in [-0.4, -0.2) is 23.5 Å². The van der Waals surface area contributed by atoms with E-state index in [-0.39, 0.29) is 23.2 Å². The van der Waals surface area contributed by atoms with Crippen molar-refractivity contribution in [2.75, 3.05) is 6.61 Å². The van der Waals surface area contributed by atoms with Gasteiger partial charge in [0.25, 0.3) is 0 Å². The zero-order valence-electron chi connectivity index (χ0n) is 8.86. The molecule has 0 bridgehead atoms. The molecule has 0 aliphatic carbocycles. The highest BCUT2D eigenvalue weighted by molar-refractivity contribution is 5.69. The van der Waals surface area contributed by atoms with Crippen LogP contribution in [0.2, 0.25) is 0 Å². The summed E-state index contributed by atoms with van der Waals surface area (Å²) in [6, 6.07) is -0.653. The van der Waals surface area contributed by atoms with E-state index in [0.717, 1.165) is 0 Å². The van der Waals surface area contributed by atoms with Gasteiger partial charge in [-0.3, -0.25) is 14.9 Å². The Kier molecular flexibility index (Phi) is 5.83. The second-order valence-electron chi connectivity index (χ2n) is 3.25. The molecule has 0 heterocycles. The van der Waals surface area contributed by atoms with Crippen LogP contribution in [-0.2, 0) is 9.53 Å². The molecular formula is C9H17NO4. The Hall–Kier alpha value is -1.13. The molecule has 0 amide bonds. The standard InChI is InChI=1S/C9H17NO4/c1-4-8(10(12)13)7(3)6-9(11)14-5-2/h7-8H,4-6H2,1-3H3. The van der Waals surface area contributed by atoms with Crippen LogP contribution in [0.4, 0.5) is 0 Å². The average molecular weight is 203 g/mol. The van der Waals surface area contributed by atoms with Crippen molar-refractivity contribution in [3.8, 4) is 0 Å². The zero-order valence-corrected chi connectivity index (χ0v) is 8.86. The summed E-state index contributed by atoms with van der Waals surface area (Å²) in [4.78, 5) is 21.3. The molecule has 0 aliphatic heterocycles. The predicted octanol–water partition coefficient (Wildman–Crippen LogP) is 1.63. The van der Waals surface area contributed by atoms with Gasteiger partial charge in [-0.25, -0.2) is 0 Å². The molecule has 14 heavy (non-hydrogen) atoms. The van der Waals surface area contributed by atoms with Crippen LogP contribution in [0.15, 0.2) is 0 Å². The van der Waals surface area contributed by atoms with Crippen molar-refractivity contribution in [3.05, 3.63) is 10.1 Å². The number of esters is 1. The molecular weight excluding hydrogens is 186 g/mol. The first kappa shape index (κ1) is 12.9. The van der Waals surface area contributed by atoms with Gasteiger partial charge in [0.05, 0.1) is 13.0 Å². The average Bonchev–Trinajstić information content (AvgIpc) is 2.04. The van der Waals surface area contributed by atoms with Crippen LogP contribution >= 0.6 is 0 Å². The summed E-state index contributed by atoms with van der Waals surface area (Å²) in [6.45, 7) is 5.48. The van der Waals surface area contributed by atoms with Crippen LogP contribution in [0.25, 0.3) is 0 Å². The van der Waals surface area contributed by atoms with Crippen molar-refractivity contribution < 1.29 is 14.5 Å². The fourth-order valence-electron chi connectivity index (χ4n) is 1.38. The third-order valence-corrected chi connectivity index (χ3v) is 2.14. The maximum Gasteiger partial charge on any atom is 0.306 e. The molecule has 5 nitrogen and oxygen atoms in total. The second kappa shape index (κ2) is 6.34. The Labute approximate surface area is 83.6 Å². The Morgan fingerprint density at radius 3 is 2.43 bits per heavy atom.